The molecule has 6 heteroatoms. The van der Waals surface area contributed by atoms with Crippen LogP contribution in [-0.2, 0) is 17.4 Å². The number of halogens is 4. The van der Waals surface area contributed by atoms with Crippen LogP contribution in [0.4, 0.5) is 18.9 Å². The van der Waals surface area contributed by atoms with E-state index in [1.54, 1.807) is 12.1 Å². The standard InChI is InChI=1S/C15H11BrF3NO/c16-12-5-1-10(2-6-12)9-14(21)20-13-7-3-11(4-8-13)15(17,18)19/h1-8H,9H2,(H,20,21). The number of anilines is 1. The number of hydrogen-bond acceptors (Lipinski definition) is 1. The van der Waals surface area contributed by atoms with Crippen LogP contribution in [0.3, 0.4) is 0 Å². The van der Waals surface area contributed by atoms with Crippen molar-refractivity contribution >= 4 is 27.5 Å². The third kappa shape index (κ3) is 4.60. The number of alkyl halides is 3. The van der Waals surface area contributed by atoms with Crippen LogP contribution in [0.1, 0.15) is 11.1 Å². The zero-order valence-corrected chi connectivity index (χ0v) is 12.3. The Hall–Kier alpha value is -1.82. The number of carbonyl (C=O) groups excluding carboxylic acids is 1. The Bertz CT molecular complexity index is 621. The summed E-state index contributed by atoms with van der Waals surface area (Å²) in [6.45, 7) is 0. The van der Waals surface area contributed by atoms with Crippen LogP contribution in [0.25, 0.3) is 0 Å². The molecule has 0 aliphatic rings. The summed E-state index contributed by atoms with van der Waals surface area (Å²) < 4.78 is 38.1. The summed E-state index contributed by atoms with van der Waals surface area (Å²) >= 11 is 3.30. The van der Waals surface area contributed by atoms with Gasteiger partial charge in [0, 0.05) is 10.2 Å². The van der Waals surface area contributed by atoms with Crippen LogP contribution in [0.2, 0.25) is 0 Å². The zero-order chi connectivity index (χ0) is 15.5. The van der Waals surface area contributed by atoms with Crippen molar-refractivity contribution in [1.82, 2.24) is 0 Å². The summed E-state index contributed by atoms with van der Waals surface area (Å²) in [6.07, 6.45) is -4.21. The van der Waals surface area contributed by atoms with E-state index in [4.69, 9.17) is 0 Å². The van der Waals surface area contributed by atoms with Crippen LogP contribution in [0.5, 0.6) is 0 Å². The second kappa shape index (κ2) is 6.30. The van der Waals surface area contributed by atoms with Gasteiger partial charge in [0.15, 0.2) is 0 Å². The number of nitrogens with one attached hydrogen (secondary N) is 1. The third-order valence-corrected chi connectivity index (χ3v) is 3.30. The fourth-order valence-electron chi connectivity index (χ4n) is 1.74. The fourth-order valence-corrected chi connectivity index (χ4v) is 2.00. The Morgan fingerprint density at radius 3 is 2.10 bits per heavy atom. The summed E-state index contributed by atoms with van der Waals surface area (Å²) in [7, 11) is 0. The molecule has 21 heavy (non-hydrogen) atoms. The van der Waals surface area contributed by atoms with Gasteiger partial charge in [-0.15, -0.1) is 0 Å². The molecular weight excluding hydrogens is 347 g/mol. The first kappa shape index (κ1) is 15.6. The normalized spacial score (nSPS) is 11.2. The molecule has 0 aromatic heterocycles. The number of rotatable bonds is 3. The van der Waals surface area contributed by atoms with Gasteiger partial charge in [0.2, 0.25) is 5.91 Å². The van der Waals surface area contributed by atoms with Crippen LogP contribution in [-0.4, -0.2) is 5.91 Å². The zero-order valence-electron chi connectivity index (χ0n) is 10.7. The number of hydrogen-bond donors (Lipinski definition) is 1. The summed E-state index contributed by atoms with van der Waals surface area (Å²) in [5.74, 6) is -0.280. The lowest BCUT2D eigenvalue weighted by Gasteiger charge is -2.09. The molecule has 0 spiro atoms. The topological polar surface area (TPSA) is 29.1 Å². The molecule has 1 amide bonds. The van der Waals surface area contributed by atoms with Crippen molar-refractivity contribution < 1.29 is 18.0 Å². The van der Waals surface area contributed by atoms with E-state index in [1.165, 1.54) is 12.1 Å². The van der Waals surface area contributed by atoms with Gasteiger partial charge < -0.3 is 5.32 Å². The molecule has 0 aliphatic heterocycles. The molecule has 0 radical (unpaired) electrons. The molecule has 0 unspecified atom stereocenters. The molecule has 0 heterocycles. The number of carbonyl (C=O) groups is 1. The molecule has 2 nitrogen and oxygen atoms in total. The fraction of sp³-hybridized carbons (Fsp3) is 0.133. The Labute approximate surface area is 128 Å². The highest BCUT2D eigenvalue weighted by Crippen LogP contribution is 2.29. The minimum atomic E-state index is -4.38. The summed E-state index contributed by atoms with van der Waals surface area (Å²) in [4.78, 5) is 11.8. The van der Waals surface area contributed by atoms with E-state index in [1.807, 2.05) is 12.1 Å². The van der Waals surface area contributed by atoms with Crippen LogP contribution < -0.4 is 5.32 Å². The molecule has 0 fully saturated rings. The van der Waals surface area contributed by atoms with Crippen molar-refractivity contribution in [2.75, 3.05) is 5.32 Å². The molecule has 2 rings (SSSR count). The van der Waals surface area contributed by atoms with Crippen molar-refractivity contribution in [3.8, 4) is 0 Å². The molecule has 1 N–H and O–H groups in total. The lowest BCUT2D eigenvalue weighted by Crippen LogP contribution is -2.14. The Morgan fingerprint density at radius 1 is 1.00 bits per heavy atom. The van der Waals surface area contributed by atoms with E-state index < -0.39 is 11.7 Å². The Morgan fingerprint density at radius 2 is 1.57 bits per heavy atom. The molecule has 0 atom stereocenters. The molecule has 110 valence electrons. The van der Waals surface area contributed by atoms with Crippen molar-refractivity contribution in [1.29, 1.82) is 0 Å². The van der Waals surface area contributed by atoms with Gasteiger partial charge in [-0.3, -0.25) is 4.79 Å². The second-order valence-corrected chi connectivity index (χ2v) is 5.34. The van der Waals surface area contributed by atoms with Crippen LogP contribution in [0, 0.1) is 0 Å². The lowest BCUT2D eigenvalue weighted by molar-refractivity contribution is -0.137. The van der Waals surface area contributed by atoms with E-state index in [0.717, 1.165) is 22.2 Å². The van der Waals surface area contributed by atoms with Gasteiger partial charge in [0.1, 0.15) is 0 Å². The lowest BCUT2D eigenvalue weighted by atomic mass is 10.1. The van der Waals surface area contributed by atoms with Crippen molar-refractivity contribution in [2.24, 2.45) is 0 Å². The number of benzene rings is 2. The average Bonchev–Trinajstić information content (AvgIpc) is 2.41. The largest absolute Gasteiger partial charge is 0.416 e. The minimum Gasteiger partial charge on any atom is -0.326 e. The first-order valence-electron chi connectivity index (χ1n) is 6.06. The predicted molar refractivity (Wildman–Crippen MR) is 77.9 cm³/mol. The minimum absolute atomic E-state index is 0.161. The quantitative estimate of drug-likeness (QED) is 0.850. The molecule has 0 aliphatic carbocycles. The first-order chi connectivity index (χ1) is 9.84. The molecule has 0 saturated heterocycles. The average molecular weight is 358 g/mol. The van der Waals surface area contributed by atoms with E-state index >= 15 is 0 Å². The van der Waals surface area contributed by atoms with E-state index in [9.17, 15) is 18.0 Å². The van der Waals surface area contributed by atoms with Crippen molar-refractivity contribution in [3.05, 3.63) is 64.1 Å². The van der Waals surface area contributed by atoms with E-state index in [0.29, 0.717) is 5.69 Å². The van der Waals surface area contributed by atoms with Crippen LogP contribution >= 0.6 is 15.9 Å². The number of amides is 1. The van der Waals surface area contributed by atoms with Gasteiger partial charge in [0.25, 0.3) is 0 Å². The maximum absolute atomic E-state index is 12.4. The second-order valence-electron chi connectivity index (χ2n) is 4.43. The van der Waals surface area contributed by atoms with Gasteiger partial charge in [-0.25, -0.2) is 0 Å². The van der Waals surface area contributed by atoms with E-state index in [-0.39, 0.29) is 12.3 Å². The monoisotopic (exact) mass is 357 g/mol. The third-order valence-electron chi connectivity index (χ3n) is 2.77. The molecule has 2 aromatic carbocycles. The first-order valence-corrected chi connectivity index (χ1v) is 6.85. The van der Waals surface area contributed by atoms with Gasteiger partial charge in [0.05, 0.1) is 12.0 Å². The van der Waals surface area contributed by atoms with Crippen LogP contribution in [0.15, 0.2) is 53.0 Å². The smallest absolute Gasteiger partial charge is 0.326 e. The Kier molecular flexibility index (Phi) is 4.67. The summed E-state index contributed by atoms with van der Waals surface area (Å²) in [5.41, 5.74) is 0.418. The summed E-state index contributed by atoms with van der Waals surface area (Å²) in [6, 6.07) is 11.6. The summed E-state index contributed by atoms with van der Waals surface area (Å²) in [5, 5.41) is 2.57. The van der Waals surface area contributed by atoms with Gasteiger partial charge >= 0.3 is 6.18 Å². The highest BCUT2D eigenvalue weighted by Gasteiger charge is 2.29. The van der Waals surface area contributed by atoms with Gasteiger partial charge in [-0.05, 0) is 42.0 Å². The maximum Gasteiger partial charge on any atom is 0.416 e. The SMILES string of the molecule is O=C(Cc1ccc(Br)cc1)Nc1ccc(C(F)(F)F)cc1. The molecule has 2 aromatic rings. The Balaban J connectivity index is 1.98. The molecular formula is C15H11BrF3NO. The molecule has 0 bridgehead atoms. The highest BCUT2D eigenvalue weighted by atomic mass is 79.9. The maximum atomic E-state index is 12.4. The van der Waals surface area contributed by atoms with Crippen molar-refractivity contribution in [3.63, 3.8) is 0 Å². The predicted octanol–water partition coefficient (Wildman–Crippen LogP) is 4.65. The molecule has 0 saturated carbocycles. The van der Waals surface area contributed by atoms with Gasteiger partial charge in [-0.2, -0.15) is 13.2 Å². The van der Waals surface area contributed by atoms with E-state index in [2.05, 4.69) is 21.2 Å². The van der Waals surface area contributed by atoms with Crippen molar-refractivity contribution in [2.45, 2.75) is 12.6 Å². The highest BCUT2D eigenvalue weighted by molar-refractivity contribution is 9.10. The van der Waals surface area contributed by atoms with Gasteiger partial charge in [-0.1, -0.05) is 28.1 Å².